The van der Waals surface area contributed by atoms with Crippen molar-refractivity contribution in [1.82, 2.24) is 9.78 Å². The van der Waals surface area contributed by atoms with Gasteiger partial charge in [-0.05, 0) is 73.9 Å². The van der Waals surface area contributed by atoms with Gasteiger partial charge >= 0.3 is 5.97 Å². The number of hydrogen-bond acceptors (Lipinski definition) is 4. The molecular formula is C24H28N2O3. The van der Waals surface area contributed by atoms with Gasteiger partial charge in [-0.2, -0.15) is 5.10 Å². The largest absolute Gasteiger partial charge is 0.490 e. The lowest BCUT2D eigenvalue weighted by molar-refractivity contribution is -0.140. The van der Waals surface area contributed by atoms with Crippen molar-refractivity contribution in [2.45, 2.75) is 51.6 Å². The fourth-order valence-corrected chi connectivity index (χ4v) is 4.22. The van der Waals surface area contributed by atoms with Crippen LogP contribution in [0.15, 0.2) is 36.5 Å². The first-order chi connectivity index (χ1) is 14.0. The summed E-state index contributed by atoms with van der Waals surface area (Å²) in [4.78, 5) is 11.6. The molecule has 1 aliphatic rings. The lowest BCUT2D eigenvalue weighted by atomic mass is 9.96. The number of aromatic nitrogens is 2. The van der Waals surface area contributed by atoms with Crippen LogP contribution < -0.4 is 4.74 Å². The maximum absolute atomic E-state index is 11.6. The highest BCUT2D eigenvalue weighted by molar-refractivity contribution is 5.86. The Hall–Kier alpha value is -2.82. The summed E-state index contributed by atoms with van der Waals surface area (Å²) in [7, 11) is 3.38. The third-order valence-corrected chi connectivity index (χ3v) is 5.82. The van der Waals surface area contributed by atoms with Crippen molar-refractivity contribution in [2.24, 2.45) is 7.05 Å². The van der Waals surface area contributed by atoms with Crippen molar-refractivity contribution in [3.05, 3.63) is 47.7 Å². The summed E-state index contributed by atoms with van der Waals surface area (Å²) in [6.45, 7) is 2.10. The summed E-state index contributed by atoms with van der Waals surface area (Å²) < 4.78 is 13.2. The summed E-state index contributed by atoms with van der Waals surface area (Å²) in [5, 5.41) is 5.47. The maximum Gasteiger partial charge on any atom is 0.305 e. The number of nitrogens with zero attached hydrogens (tertiary/aromatic N) is 2. The molecule has 2 aromatic carbocycles. The average Bonchev–Trinajstić information content (AvgIpc) is 3.37. The van der Waals surface area contributed by atoms with Crippen molar-refractivity contribution in [2.75, 3.05) is 7.11 Å². The van der Waals surface area contributed by atoms with Crippen LogP contribution in [0.3, 0.4) is 0 Å². The third-order valence-electron chi connectivity index (χ3n) is 5.82. The number of fused-ring (bicyclic) bond motifs is 1. The predicted octanol–water partition coefficient (Wildman–Crippen LogP) is 4.98. The highest BCUT2D eigenvalue weighted by atomic mass is 16.5. The van der Waals surface area contributed by atoms with E-state index in [9.17, 15) is 4.79 Å². The van der Waals surface area contributed by atoms with Crippen molar-refractivity contribution in [3.8, 4) is 16.9 Å². The predicted molar refractivity (Wildman–Crippen MR) is 114 cm³/mol. The number of rotatable bonds is 6. The van der Waals surface area contributed by atoms with Gasteiger partial charge in [-0.1, -0.05) is 12.1 Å². The molecule has 1 fully saturated rings. The number of benzene rings is 2. The van der Waals surface area contributed by atoms with Gasteiger partial charge in [0.15, 0.2) is 0 Å². The molecule has 29 heavy (non-hydrogen) atoms. The normalized spacial score (nSPS) is 14.4. The van der Waals surface area contributed by atoms with Gasteiger partial charge in [-0.25, -0.2) is 0 Å². The monoisotopic (exact) mass is 392 g/mol. The minimum Gasteiger partial charge on any atom is -0.490 e. The SMILES string of the molecule is COC(=O)CCc1cc(C)c(OC2CCCC2)c(-c2ccc3c(cnn3C)c2)c1. The molecule has 0 aliphatic heterocycles. The summed E-state index contributed by atoms with van der Waals surface area (Å²) in [6.07, 6.45) is 7.91. The molecule has 4 rings (SSSR count). The maximum atomic E-state index is 11.6. The molecule has 152 valence electrons. The summed E-state index contributed by atoms with van der Waals surface area (Å²) in [6, 6.07) is 10.7. The van der Waals surface area contributed by atoms with Crippen molar-refractivity contribution in [3.63, 3.8) is 0 Å². The molecule has 1 saturated carbocycles. The van der Waals surface area contributed by atoms with Gasteiger partial charge in [0, 0.05) is 24.4 Å². The van der Waals surface area contributed by atoms with E-state index in [1.54, 1.807) is 0 Å². The van der Waals surface area contributed by atoms with Crippen LogP contribution in [0.2, 0.25) is 0 Å². The first-order valence-electron chi connectivity index (χ1n) is 10.3. The van der Waals surface area contributed by atoms with E-state index in [0.717, 1.165) is 51.7 Å². The molecule has 0 atom stereocenters. The first kappa shape index (κ1) is 19.5. The van der Waals surface area contributed by atoms with E-state index < -0.39 is 0 Å². The van der Waals surface area contributed by atoms with E-state index in [1.165, 1.54) is 20.0 Å². The van der Waals surface area contributed by atoms with Gasteiger partial charge in [-0.15, -0.1) is 0 Å². The van der Waals surface area contributed by atoms with E-state index in [1.807, 2.05) is 17.9 Å². The molecule has 1 heterocycles. The second-order valence-corrected chi connectivity index (χ2v) is 7.93. The molecule has 5 heteroatoms. The molecule has 0 radical (unpaired) electrons. The van der Waals surface area contributed by atoms with Crippen LogP contribution >= 0.6 is 0 Å². The molecule has 0 saturated heterocycles. The van der Waals surface area contributed by atoms with Crippen LogP contribution in [-0.2, 0) is 23.0 Å². The van der Waals surface area contributed by atoms with Crippen LogP contribution in [0.1, 0.15) is 43.2 Å². The molecule has 5 nitrogen and oxygen atoms in total. The number of hydrogen-bond donors (Lipinski definition) is 0. The van der Waals surface area contributed by atoms with Gasteiger partial charge in [-0.3, -0.25) is 9.48 Å². The number of esters is 1. The quantitative estimate of drug-likeness (QED) is 0.556. The Kier molecular flexibility index (Phi) is 5.56. The molecule has 0 unspecified atom stereocenters. The molecule has 1 aliphatic carbocycles. The summed E-state index contributed by atoms with van der Waals surface area (Å²) in [5.41, 5.74) is 5.53. The molecular weight excluding hydrogens is 364 g/mol. The first-order valence-corrected chi connectivity index (χ1v) is 10.3. The van der Waals surface area contributed by atoms with Crippen LogP contribution in [-0.4, -0.2) is 29.0 Å². The molecule has 0 N–H and O–H groups in total. The van der Waals surface area contributed by atoms with Crippen LogP contribution in [0, 0.1) is 6.92 Å². The topological polar surface area (TPSA) is 53.4 Å². The smallest absolute Gasteiger partial charge is 0.305 e. The zero-order valence-electron chi connectivity index (χ0n) is 17.4. The molecule has 0 amide bonds. The molecule has 3 aromatic rings. The van der Waals surface area contributed by atoms with Crippen LogP contribution in [0.4, 0.5) is 0 Å². The number of ether oxygens (including phenoxy) is 2. The Labute approximate surface area is 171 Å². The number of carbonyl (C=O) groups is 1. The Morgan fingerprint density at radius 3 is 2.76 bits per heavy atom. The summed E-state index contributed by atoms with van der Waals surface area (Å²) in [5.74, 6) is 0.772. The fourth-order valence-electron chi connectivity index (χ4n) is 4.22. The highest BCUT2D eigenvalue weighted by Gasteiger charge is 2.21. The third kappa shape index (κ3) is 4.14. The van der Waals surface area contributed by atoms with Crippen LogP contribution in [0.5, 0.6) is 5.75 Å². The average molecular weight is 392 g/mol. The van der Waals surface area contributed by atoms with E-state index in [2.05, 4.69) is 42.4 Å². The minimum atomic E-state index is -0.188. The van der Waals surface area contributed by atoms with E-state index in [-0.39, 0.29) is 12.1 Å². The van der Waals surface area contributed by atoms with Crippen molar-refractivity contribution >= 4 is 16.9 Å². The molecule has 1 aromatic heterocycles. The second-order valence-electron chi connectivity index (χ2n) is 7.93. The van der Waals surface area contributed by atoms with Gasteiger partial charge in [0.2, 0.25) is 0 Å². The van der Waals surface area contributed by atoms with E-state index in [0.29, 0.717) is 12.8 Å². The fraction of sp³-hybridized carbons (Fsp3) is 0.417. The van der Waals surface area contributed by atoms with Crippen molar-refractivity contribution in [1.29, 1.82) is 0 Å². The van der Waals surface area contributed by atoms with Gasteiger partial charge < -0.3 is 9.47 Å². The van der Waals surface area contributed by atoms with Crippen molar-refractivity contribution < 1.29 is 14.3 Å². The van der Waals surface area contributed by atoms with Gasteiger partial charge in [0.25, 0.3) is 0 Å². The lowest BCUT2D eigenvalue weighted by Crippen LogP contribution is -2.13. The number of carbonyl (C=O) groups excluding carboxylic acids is 1. The van der Waals surface area contributed by atoms with Gasteiger partial charge in [0.05, 0.1) is 24.9 Å². The lowest BCUT2D eigenvalue weighted by Gasteiger charge is -2.20. The standard InChI is InChI=1S/C24H28N2O3/c1-16-12-17(8-11-23(27)28-3)13-21(24(16)29-20-6-4-5-7-20)18-9-10-22-19(14-18)15-25-26(22)2/h9-10,12-15,20H,4-8,11H2,1-3H3. The zero-order chi connectivity index (χ0) is 20.4. The molecule has 0 spiro atoms. The summed E-state index contributed by atoms with van der Waals surface area (Å²) >= 11 is 0. The Bertz CT molecular complexity index is 1030. The Morgan fingerprint density at radius 2 is 2.00 bits per heavy atom. The Balaban J connectivity index is 1.75. The van der Waals surface area contributed by atoms with Crippen LogP contribution in [0.25, 0.3) is 22.0 Å². The van der Waals surface area contributed by atoms with Gasteiger partial charge in [0.1, 0.15) is 5.75 Å². The number of aryl methyl sites for hydroxylation is 3. The Morgan fingerprint density at radius 1 is 1.21 bits per heavy atom. The number of methoxy groups -OCH3 is 1. The zero-order valence-corrected chi connectivity index (χ0v) is 17.4. The second kappa shape index (κ2) is 8.27. The minimum absolute atomic E-state index is 0.188. The van der Waals surface area contributed by atoms with E-state index >= 15 is 0 Å². The molecule has 0 bridgehead atoms. The highest BCUT2D eigenvalue weighted by Crippen LogP contribution is 2.38. The van der Waals surface area contributed by atoms with E-state index in [4.69, 9.17) is 9.47 Å².